The number of halogens is 2. The molecule has 152 valence electrons. The molecular formula is C19H26F2N6O. The molecule has 1 aliphatic carbocycles. The normalized spacial score (nSPS) is 15.1. The van der Waals surface area contributed by atoms with Gasteiger partial charge in [-0.1, -0.05) is 12.8 Å². The molecule has 9 heteroatoms. The zero-order valence-electron chi connectivity index (χ0n) is 16.2. The molecule has 2 N–H and O–H groups in total. The van der Waals surface area contributed by atoms with E-state index in [1.54, 1.807) is 0 Å². The van der Waals surface area contributed by atoms with Crippen LogP contribution < -0.4 is 15.4 Å². The van der Waals surface area contributed by atoms with Crippen LogP contribution in [0.15, 0.2) is 23.2 Å². The van der Waals surface area contributed by atoms with E-state index in [0.717, 1.165) is 30.6 Å². The van der Waals surface area contributed by atoms with E-state index in [9.17, 15) is 8.78 Å². The van der Waals surface area contributed by atoms with Crippen molar-refractivity contribution < 1.29 is 13.5 Å². The summed E-state index contributed by atoms with van der Waals surface area (Å²) >= 11 is 0. The first-order valence-corrected chi connectivity index (χ1v) is 9.50. The van der Waals surface area contributed by atoms with Gasteiger partial charge < -0.3 is 19.9 Å². The van der Waals surface area contributed by atoms with E-state index in [2.05, 4.69) is 25.8 Å². The van der Waals surface area contributed by atoms with Gasteiger partial charge in [-0.05, 0) is 31.9 Å². The molecule has 0 amide bonds. The van der Waals surface area contributed by atoms with Gasteiger partial charge in [-0.2, -0.15) is 0 Å². The molecule has 1 aliphatic rings. The maximum absolute atomic E-state index is 13.6. The maximum Gasteiger partial charge on any atom is 0.192 e. The quantitative estimate of drug-likeness (QED) is 0.430. The van der Waals surface area contributed by atoms with Crippen LogP contribution in [0.5, 0.6) is 5.75 Å². The van der Waals surface area contributed by atoms with Crippen molar-refractivity contribution in [1.29, 1.82) is 0 Å². The summed E-state index contributed by atoms with van der Waals surface area (Å²) in [6.45, 7) is 2.93. The zero-order valence-corrected chi connectivity index (χ0v) is 16.2. The molecule has 1 aromatic carbocycles. The third-order valence-corrected chi connectivity index (χ3v) is 4.80. The largest absolute Gasteiger partial charge is 0.489 e. The van der Waals surface area contributed by atoms with Crippen molar-refractivity contribution in [2.45, 2.75) is 45.2 Å². The van der Waals surface area contributed by atoms with Gasteiger partial charge in [-0.15, -0.1) is 10.2 Å². The molecule has 0 unspecified atom stereocenters. The minimum absolute atomic E-state index is 0.0278. The van der Waals surface area contributed by atoms with Crippen molar-refractivity contribution >= 4 is 5.96 Å². The SMILES string of the molecule is Cc1nnc(CN=C(NCCOc2ccc(F)cc2F)NC2CCCC2)n1C. The number of nitrogens with one attached hydrogen (secondary N) is 2. The zero-order chi connectivity index (χ0) is 19.9. The fraction of sp³-hybridized carbons (Fsp3) is 0.526. The first-order valence-electron chi connectivity index (χ1n) is 9.50. The third-order valence-electron chi connectivity index (χ3n) is 4.80. The van der Waals surface area contributed by atoms with Gasteiger partial charge in [0, 0.05) is 19.2 Å². The van der Waals surface area contributed by atoms with Crippen molar-refractivity contribution in [2.75, 3.05) is 13.2 Å². The molecular weight excluding hydrogens is 366 g/mol. The monoisotopic (exact) mass is 392 g/mol. The summed E-state index contributed by atoms with van der Waals surface area (Å²) in [7, 11) is 1.91. The number of nitrogens with zero attached hydrogens (tertiary/aromatic N) is 4. The van der Waals surface area contributed by atoms with Gasteiger partial charge in [0.05, 0.1) is 6.54 Å². The molecule has 0 bridgehead atoms. The lowest BCUT2D eigenvalue weighted by Crippen LogP contribution is -2.43. The topological polar surface area (TPSA) is 76.4 Å². The van der Waals surface area contributed by atoms with E-state index in [-0.39, 0.29) is 12.4 Å². The number of benzene rings is 1. The summed E-state index contributed by atoms with van der Waals surface area (Å²) in [6, 6.07) is 3.65. The Kier molecular flexibility index (Phi) is 6.78. The van der Waals surface area contributed by atoms with Crippen molar-refractivity contribution in [3.63, 3.8) is 0 Å². The second-order valence-electron chi connectivity index (χ2n) is 6.86. The highest BCUT2D eigenvalue weighted by Crippen LogP contribution is 2.18. The van der Waals surface area contributed by atoms with Gasteiger partial charge in [0.25, 0.3) is 0 Å². The molecule has 7 nitrogen and oxygen atoms in total. The predicted octanol–water partition coefficient (Wildman–Crippen LogP) is 2.46. The average molecular weight is 392 g/mol. The molecule has 0 radical (unpaired) electrons. The summed E-state index contributed by atoms with van der Waals surface area (Å²) in [4.78, 5) is 4.60. The molecule has 0 atom stereocenters. The molecule has 3 rings (SSSR count). The highest BCUT2D eigenvalue weighted by atomic mass is 19.1. The summed E-state index contributed by atoms with van der Waals surface area (Å²) in [5.74, 6) is 0.955. The summed E-state index contributed by atoms with van der Waals surface area (Å²) in [5.41, 5.74) is 0. The standard InChI is InChI=1S/C19H26F2N6O/c1-13-25-26-18(27(13)2)12-23-19(24-15-5-3-4-6-15)22-9-10-28-17-8-7-14(20)11-16(17)21/h7-8,11,15H,3-6,9-10,12H2,1-2H3,(H2,22,23,24). The summed E-state index contributed by atoms with van der Waals surface area (Å²) < 4.78 is 33.8. The first-order chi connectivity index (χ1) is 13.5. The van der Waals surface area contributed by atoms with Crippen LogP contribution in [0.4, 0.5) is 8.78 Å². The van der Waals surface area contributed by atoms with Crippen LogP contribution in [-0.4, -0.2) is 39.9 Å². The number of aromatic nitrogens is 3. The van der Waals surface area contributed by atoms with Crippen molar-refractivity contribution in [3.8, 4) is 5.75 Å². The van der Waals surface area contributed by atoms with Crippen LogP contribution in [0.2, 0.25) is 0 Å². The van der Waals surface area contributed by atoms with Crippen LogP contribution in [0.3, 0.4) is 0 Å². The lowest BCUT2D eigenvalue weighted by atomic mass is 10.2. The average Bonchev–Trinajstić information content (AvgIpc) is 3.29. The first kappa shape index (κ1) is 20.0. The van der Waals surface area contributed by atoms with Crippen LogP contribution in [0, 0.1) is 18.6 Å². The summed E-state index contributed by atoms with van der Waals surface area (Å²) in [5, 5.41) is 14.8. The van der Waals surface area contributed by atoms with E-state index >= 15 is 0 Å². The molecule has 28 heavy (non-hydrogen) atoms. The van der Waals surface area contributed by atoms with Gasteiger partial charge in [0.1, 0.15) is 24.8 Å². The van der Waals surface area contributed by atoms with Crippen LogP contribution >= 0.6 is 0 Å². The molecule has 2 aromatic rings. The Morgan fingerprint density at radius 2 is 2.07 bits per heavy atom. The Balaban J connectivity index is 1.55. The Morgan fingerprint density at radius 3 is 2.75 bits per heavy atom. The van der Waals surface area contributed by atoms with Gasteiger partial charge in [0.2, 0.25) is 0 Å². The molecule has 0 spiro atoms. The second kappa shape index (κ2) is 9.48. The van der Waals surface area contributed by atoms with Gasteiger partial charge in [-0.3, -0.25) is 0 Å². The van der Waals surface area contributed by atoms with Gasteiger partial charge in [-0.25, -0.2) is 13.8 Å². The number of rotatable bonds is 7. The number of hydrogen-bond acceptors (Lipinski definition) is 4. The van der Waals surface area contributed by atoms with Gasteiger partial charge in [0.15, 0.2) is 23.4 Å². The molecule has 1 heterocycles. The van der Waals surface area contributed by atoms with Crippen LogP contribution in [0.25, 0.3) is 0 Å². The fourth-order valence-corrected chi connectivity index (χ4v) is 3.08. The van der Waals surface area contributed by atoms with Crippen molar-refractivity contribution in [3.05, 3.63) is 41.5 Å². The number of hydrogen-bond donors (Lipinski definition) is 2. The van der Waals surface area contributed by atoms with E-state index in [1.807, 2.05) is 18.5 Å². The van der Waals surface area contributed by atoms with Crippen LogP contribution in [-0.2, 0) is 13.6 Å². The van der Waals surface area contributed by atoms with E-state index in [1.165, 1.54) is 25.0 Å². The number of guanidine groups is 1. The Hall–Kier alpha value is -2.71. The summed E-state index contributed by atoms with van der Waals surface area (Å²) in [6.07, 6.45) is 4.64. The lowest BCUT2D eigenvalue weighted by molar-refractivity contribution is 0.304. The van der Waals surface area contributed by atoms with E-state index < -0.39 is 11.6 Å². The Bertz CT molecular complexity index is 817. The van der Waals surface area contributed by atoms with Crippen molar-refractivity contribution in [1.82, 2.24) is 25.4 Å². The van der Waals surface area contributed by atoms with Gasteiger partial charge >= 0.3 is 0 Å². The Labute approximate surface area is 163 Å². The molecule has 1 fully saturated rings. The number of ether oxygens (including phenoxy) is 1. The van der Waals surface area contributed by atoms with Crippen molar-refractivity contribution in [2.24, 2.45) is 12.0 Å². The van der Waals surface area contributed by atoms with Crippen LogP contribution in [0.1, 0.15) is 37.3 Å². The predicted molar refractivity (Wildman–Crippen MR) is 102 cm³/mol. The third kappa shape index (κ3) is 5.40. The fourth-order valence-electron chi connectivity index (χ4n) is 3.08. The number of aliphatic imine (C=N–C) groups is 1. The molecule has 1 aromatic heterocycles. The maximum atomic E-state index is 13.6. The molecule has 0 aliphatic heterocycles. The second-order valence-corrected chi connectivity index (χ2v) is 6.86. The van der Waals surface area contributed by atoms with E-state index in [4.69, 9.17) is 4.74 Å². The highest BCUT2D eigenvalue weighted by molar-refractivity contribution is 5.80. The molecule has 0 saturated heterocycles. The molecule has 1 saturated carbocycles. The highest BCUT2D eigenvalue weighted by Gasteiger charge is 2.16. The number of aryl methyl sites for hydroxylation is 1. The lowest BCUT2D eigenvalue weighted by Gasteiger charge is -2.17. The van der Waals surface area contributed by atoms with E-state index in [0.29, 0.717) is 25.1 Å². The Morgan fingerprint density at radius 1 is 1.29 bits per heavy atom. The minimum atomic E-state index is -0.712. The smallest absolute Gasteiger partial charge is 0.192 e. The minimum Gasteiger partial charge on any atom is -0.489 e.